The first-order chi connectivity index (χ1) is 27.1. The van der Waals surface area contributed by atoms with Gasteiger partial charge in [-0.05, 0) is 118 Å². The number of ether oxygens (including phenoxy) is 3. The van der Waals surface area contributed by atoms with Gasteiger partial charge in [-0.1, -0.05) is 78.5 Å². The Morgan fingerprint density at radius 1 is 0.895 bits per heavy atom. The number of aliphatic hydroxyl groups excluding tert-OH is 1. The summed E-state index contributed by atoms with van der Waals surface area (Å²) in [6.45, 7) is 11.8. The number of methoxy groups -OCH3 is 2. The first kappa shape index (κ1) is 40.9. The van der Waals surface area contributed by atoms with E-state index in [9.17, 15) is 15.0 Å². The van der Waals surface area contributed by atoms with Gasteiger partial charge in [0.25, 0.3) is 0 Å². The molecule has 11 atom stereocenters. The molecule has 0 saturated heterocycles. The minimum absolute atomic E-state index is 0.0312. The third-order valence-electron chi connectivity index (χ3n) is 17.7. The standard InChI is InChI=1S/C49H71NO7/c1-31(2)37-16-13-32(3)25-40(37)57-44(53)50(29-34-14-15-36(55-6)26-39(34)56-7)30-48(54)22-19-42-46(48,5)21-18-41-45(4)20-17-35(51)27-47(45)23-24-49(41,42)38(28-47)43(52)33-11-9-8-10-12-33/h14-15,23-24,26,28,31-33,35,37,40-42,51,54H,8-13,16-22,25,27,29-30H2,1-7H3. The highest BCUT2D eigenvalue weighted by Crippen LogP contribution is 2.78. The Kier molecular flexibility index (Phi) is 10.8. The van der Waals surface area contributed by atoms with Gasteiger partial charge in [0.2, 0.25) is 0 Å². The molecule has 1 amide bonds. The largest absolute Gasteiger partial charge is 0.497 e. The minimum Gasteiger partial charge on any atom is -0.497 e. The lowest BCUT2D eigenvalue weighted by Gasteiger charge is -2.71. The normalized spacial score (nSPS) is 41.1. The summed E-state index contributed by atoms with van der Waals surface area (Å²) in [6.07, 6.45) is 20.0. The van der Waals surface area contributed by atoms with Gasteiger partial charge in [0, 0.05) is 39.4 Å². The van der Waals surface area contributed by atoms with E-state index in [1.165, 1.54) is 6.42 Å². The van der Waals surface area contributed by atoms with E-state index in [0.29, 0.717) is 47.9 Å². The predicted molar refractivity (Wildman–Crippen MR) is 222 cm³/mol. The summed E-state index contributed by atoms with van der Waals surface area (Å²) in [4.78, 5) is 31.6. The van der Waals surface area contributed by atoms with Crippen molar-refractivity contribution in [2.75, 3.05) is 20.8 Å². The second kappa shape index (κ2) is 15.0. The number of Topliss-reactive ketones (excluding diaryl/α,β-unsaturated/α-hetero) is 1. The quantitative estimate of drug-likeness (QED) is 0.228. The number of fused-ring (bicyclic) bond motifs is 1. The van der Waals surface area contributed by atoms with Gasteiger partial charge in [0.15, 0.2) is 5.78 Å². The van der Waals surface area contributed by atoms with Crippen molar-refractivity contribution < 1.29 is 34.0 Å². The van der Waals surface area contributed by atoms with Crippen LogP contribution in [0.1, 0.15) is 136 Å². The van der Waals surface area contributed by atoms with E-state index >= 15 is 4.79 Å². The molecule has 0 aliphatic heterocycles. The highest BCUT2D eigenvalue weighted by atomic mass is 16.6. The van der Waals surface area contributed by atoms with Crippen molar-refractivity contribution in [1.29, 1.82) is 0 Å². The lowest BCUT2D eigenvalue weighted by molar-refractivity contribution is -0.179. The number of amides is 1. The number of nitrogens with zero attached hydrogens (tertiary/aromatic N) is 1. The molecule has 8 aliphatic rings. The molecule has 5 saturated carbocycles. The SMILES string of the molecule is COc1ccc(CN(CC2(O)CCC3C45C=CC6(C=C4C(=O)C4CCCCC4)CC(O)CCC6(C)C5CCC32C)C(=O)OC2CC(C)CCC2C(C)C)c(OC)c1. The molecular formula is C49H71NO7. The Morgan fingerprint density at radius 3 is 2.33 bits per heavy atom. The van der Waals surface area contributed by atoms with Gasteiger partial charge in [-0.3, -0.25) is 4.79 Å². The first-order valence-corrected chi connectivity index (χ1v) is 22.7. The summed E-state index contributed by atoms with van der Waals surface area (Å²) in [6, 6.07) is 5.68. The molecule has 314 valence electrons. The smallest absolute Gasteiger partial charge is 0.410 e. The van der Waals surface area contributed by atoms with Crippen LogP contribution in [-0.4, -0.2) is 65.6 Å². The Balaban J connectivity index is 1.16. The number of carbonyl (C=O) groups excluding carboxylic acids is 2. The highest BCUT2D eigenvalue weighted by Gasteiger charge is 2.74. The van der Waals surface area contributed by atoms with Gasteiger partial charge in [0.05, 0.1) is 39.0 Å². The molecule has 0 heterocycles. The third kappa shape index (κ3) is 6.42. The average Bonchev–Trinajstić information content (AvgIpc) is 3.47. The average molecular weight is 786 g/mol. The van der Waals surface area contributed by atoms with Crippen molar-refractivity contribution in [3.63, 3.8) is 0 Å². The van der Waals surface area contributed by atoms with Crippen LogP contribution in [0.2, 0.25) is 0 Å². The monoisotopic (exact) mass is 786 g/mol. The van der Waals surface area contributed by atoms with Gasteiger partial charge in [0.1, 0.15) is 17.6 Å². The van der Waals surface area contributed by atoms with Crippen molar-refractivity contribution >= 4 is 11.9 Å². The molecule has 2 N–H and O–H groups in total. The topological polar surface area (TPSA) is 106 Å². The van der Waals surface area contributed by atoms with Gasteiger partial charge >= 0.3 is 6.09 Å². The fraction of sp³-hybridized carbons (Fsp3) is 0.755. The van der Waals surface area contributed by atoms with Crippen LogP contribution < -0.4 is 9.47 Å². The maximum Gasteiger partial charge on any atom is 0.410 e. The fourth-order valence-corrected chi connectivity index (χ4v) is 14.3. The summed E-state index contributed by atoms with van der Waals surface area (Å²) in [5.41, 5.74) is -0.865. The van der Waals surface area contributed by atoms with Crippen molar-refractivity contribution in [2.24, 2.45) is 57.2 Å². The molecule has 1 aromatic rings. The second-order valence-corrected chi connectivity index (χ2v) is 20.8. The van der Waals surface area contributed by atoms with Crippen LogP contribution in [0, 0.1) is 57.2 Å². The van der Waals surface area contributed by atoms with Crippen LogP contribution in [0.4, 0.5) is 4.79 Å². The Labute approximate surface area is 342 Å². The summed E-state index contributed by atoms with van der Waals surface area (Å²) in [5, 5.41) is 24.5. The molecule has 2 spiro atoms. The minimum atomic E-state index is -1.21. The summed E-state index contributed by atoms with van der Waals surface area (Å²) < 4.78 is 17.9. The van der Waals surface area contributed by atoms with Gasteiger partial charge in [-0.25, -0.2) is 4.79 Å². The molecule has 11 unspecified atom stereocenters. The number of rotatable bonds is 10. The van der Waals surface area contributed by atoms with Crippen LogP contribution in [-0.2, 0) is 16.1 Å². The number of aliphatic hydroxyl groups is 2. The number of ketones is 1. The number of hydrogen-bond acceptors (Lipinski definition) is 7. The van der Waals surface area contributed by atoms with Crippen LogP contribution in [0.25, 0.3) is 0 Å². The van der Waals surface area contributed by atoms with E-state index in [1.807, 2.05) is 18.2 Å². The van der Waals surface area contributed by atoms with E-state index in [2.05, 4.69) is 52.8 Å². The van der Waals surface area contributed by atoms with Crippen molar-refractivity contribution in [3.05, 3.63) is 47.6 Å². The van der Waals surface area contributed by atoms with Gasteiger partial charge < -0.3 is 29.3 Å². The Hall–Kier alpha value is -2.84. The van der Waals surface area contributed by atoms with Crippen molar-refractivity contribution in [2.45, 2.75) is 155 Å². The predicted octanol–water partition coefficient (Wildman–Crippen LogP) is 9.84. The van der Waals surface area contributed by atoms with E-state index in [-0.39, 0.29) is 60.0 Å². The molecule has 8 heteroatoms. The molecule has 2 bridgehead atoms. The maximum absolute atomic E-state index is 15.0. The van der Waals surface area contributed by atoms with E-state index in [4.69, 9.17) is 14.2 Å². The molecule has 8 nitrogen and oxygen atoms in total. The Morgan fingerprint density at radius 2 is 1.61 bits per heavy atom. The maximum atomic E-state index is 15.0. The molecular weight excluding hydrogens is 715 g/mol. The van der Waals surface area contributed by atoms with Crippen LogP contribution in [0.5, 0.6) is 11.5 Å². The van der Waals surface area contributed by atoms with Crippen LogP contribution in [0.15, 0.2) is 42.0 Å². The zero-order valence-electron chi connectivity index (χ0n) is 36.0. The summed E-state index contributed by atoms with van der Waals surface area (Å²) in [7, 11) is 3.26. The van der Waals surface area contributed by atoms with Crippen LogP contribution >= 0.6 is 0 Å². The lowest BCUT2D eigenvalue weighted by atomic mass is 9.32. The molecule has 57 heavy (non-hydrogen) atoms. The van der Waals surface area contributed by atoms with E-state index in [0.717, 1.165) is 88.2 Å². The summed E-state index contributed by atoms with van der Waals surface area (Å²) >= 11 is 0. The first-order valence-electron chi connectivity index (χ1n) is 22.7. The van der Waals surface area contributed by atoms with Gasteiger partial charge in [-0.2, -0.15) is 0 Å². The number of allylic oxidation sites excluding steroid dienone is 4. The molecule has 0 radical (unpaired) electrons. The van der Waals surface area contributed by atoms with E-state index in [1.54, 1.807) is 19.1 Å². The number of hydrogen-bond donors (Lipinski definition) is 2. The zero-order chi connectivity index (χ0) is 40.5. The van der Waals surface area contributed by atoms with Crippen molar-refractivity contribution in [3.8, 4) is 11.5 Å². The van der Waals surface area contributed by atoms with E-state index < -0.39 is 16.4 Å². The van der Waals surface area contributed by atoms with Gasteiger partial charge in [-0.15, -0.1) is 0 Å². The lowest BCUT2D eigenvalue weighted by Crippen LogP contribution is -2.67. The highest BCUT2D eigenvalue weighted by molar-refractivity contribution is 6.00. The Bertz CT molecular complexity index is 1760. The number of carbonyl (C=O) groups is 2. The number of benzene rings is 1. The molecule has 0 aromatic heterocycles. The zero-order valence-corrected chi connectivity index (χ0v) is 36.0. The third-order valence-corrected chi connectivity index (χ3v) is 17.7. The summed E-state index contributed by atoms with van der Waals surface area (Å²) in [5.74, 6) is 3.11. The molecule has 5 fully saturated rings. The molecule has 9 rings (SSSR count). The fourth-order valence-electron chi connectivity index (χ4n) is 14.3. The van der Waals surface area contributed by atoms with Crippen molar-refractivity contribution in [1.82, 2.24) is 4.90 Å². The second-order valence-electron chi connectivity index (χ2n) is 20.8. The van der Waals surface area contributed by atoms with Crippen LogP contribution in [0.3, 0.4) is 0 Å². The molecule has 8 aliphatic carbocycles. The molecule has 1 aromatic carbocycles.